The zero-order chi connectivity index (χ0) is 14.2. The van der Waals surface area contributed by atoms with Crippen molar-refractivity contribution in [1.29, 1.82) is 0 Å². The van der Waals surface area contributed by atoms with Crippen LogP contribution in [-0.4, -0.2) is 17.5 Å². The third kappa shape index (κ3) is 3.31. The van der Waals surface area contributed by atoms with Gasteiger partial charge in [0.05, 0.1) is 12.1 Å². The standard InChI is InChI=1S/C13H17F2NO3.ClH/c1-3-7(2)12(17)11(16)8-4-5-9-10(6-8)19-13(14,15)18-9;/h4-7,11-12,17H,3,16H2,1-2H3;1H/t7?,11-,12+;/m0./s1. The Morgan fingerprint density at radius 1 is 1.30 bits per heavy atom. The van der Waals surface area contributed by atoms with E-state index in [-0.39, 0.29) is 29.8 Å². The normalized spacial score (nSPS) is 19.9. The Bertz CT molecular complexity index is 473. The number of aliphatic hydroxyl groups is 1. The van der Waals surface area contributed by atoms with E-state index >= 15 is 0 Å². The van der Waals surface area contributed by atoms with Crippen LogP contribution < -0.4 is 15.2 Å². The Balaban J connectivity index is 0.00000200. The number of benzene rings is 1. The molecule has 0 aromatic heterocycles. The molecule has 3 atom stereocenters. The second-order valence-corrected chi connectivity index (χ2v) is 4.78. The van der Waals surface area contributed by atoms with Crippen molar-refractivity contribution in [3.63, 3.8) is 0 Å². The molecule has 1 unspecified atom stereocenters. The van der Waals surface area contributed by atoms with E-state index in [4.69, 9.17) is 5.73 Å². The lowest BCUT2D eigenvalue weighted by atomic mass is 9.91. The summed E-state index contributed by atoms with van der Waals surface area (Å²) in [6, 6.07) is 3.65. The molecule has 0 fully saturated rings. The van der Waals surface area contributed by atoms with Crippen LogP contribution in [0, 0.1) is 5.92 Å². The number of alkyl halides is 2. The third-order valence-electron chi connectivity index (χ3n) is 3.41. The molecule has 7 heteroatoms. The maximum Gasteiger partial charge on any atom is 0.586 e. The van der Waals surface area contributed by atoms with Gasteiger partial charge in [-0.15, -0.1) is 21.2 Å². The zero-order valence-electron chi connectivity index (χ0n) is 11.2. The molecule has 0 saturated carbocycles. The van der Waals surface area contributed by atoms with Crippen LogP contribution in [0.1, 0.15) is 31.9 Å². The number of rotatable bonds is 4. The van der Waals surface area contributed by atoms with Crippen LogP contribution >= 0.6 is 12.4 Å². The van der Waals surface area contributed by atoms with Crippen molar-refractivity contribution in [3.8, 4) is 11.5 Å². The van der Waals surface area contributed by atoms with Crippen LogP contribution in [-0.2, 0) is 0 Å². The SMILES string of the molecule is CCC(C)[C@@H](O)[C@@H](N)c1ccc2c(c1)OC(F)(F)O2.Cl. The quantitative estimate of drug-likeness (QED) is 0.897. The van der Waals surface area contributed by atoms with E-state index in [1.54, 1.807) is 6.07 Å². The molecule has 1 aromatic rings. The summed E-state index contributed by atoms with van der Waals surface area (Å²) < 4.78 is 34.4. The van der Waals surface area contributed by atoms with Crippen molar-refractivity contribution in [2.75, 3.05) is 0 Å². The molecule has 0 spiro atoms. The number of fused-ring (bicyclic) bond motifs is 1. The second kappa shape index (κ2) is 6.11. The summed E-state index contributed by atoms with van der Waals surface area (Å²) in [4.78, 5) is 0. The molecule has 4 nitrogen and oxygen atoms in total. The number of nitrogens with two attached hydrogens (primary N) is 1. The van der Waals surface area contributed by atoms with Gasteiger partial charge in [-0.3, -0.25) is 0 Å². The summed E-state index contributed by atoms with van der Waals surface area (Å²) in [5, 5.41) is 10.0. The molecule has 0 bridgehead atoms. The molecule has 0 saturated heterocycles. The Kier molecular flexibility index (Phi) is 5.18. The van der Waals surface area contributed by atoms with Gasteiger partial charge in [-0.2, -0.15) is 0 Å². The van der Waals surface area contributed by atoms with Crippen molar-refractivity contribution >= 4 is 12.4 Å². The average molecular weight is 310 g/mol. The van der Waals surface area contributed by atoms with Crippen LogP contribution in [0.25, 0.3) is 0 Å². The van der Waals surface area contributed by atoms with E-state index < -0.39 is 18.4 Å². The number of aliphatic hydroxyl groups excluding tert-OH is 1. The van der Waals surface area contributed by atoms with Gasteiger partial charge in [0.25, 0.3) is 0 Å². The van der Waals surface area contributed by atoms with Crippen molar-refractivity contribution in [2.24, 2.45) is 11.7 Å². The van der Waals surface area contributed by atoms with Crippen LogP contribution in [0.4, 0.5) is 8.78 Å². The molecule has 2 rings (SSSR count). The fourth-order valence-corrected chi connectivity index (χ4v) is 1.97. The number of hydrogen-bond donors (Lipinski definition) is 2. The van der Waals surface area contributed by atoms with Gasteiger partial charge in [-0.25, -0.2) is 0 Å². The first-order chi connectivity index (χ1) is 8.84. The van der Waals surface area contributed by atoms with Gasteiger partial charge >= 0.3 is 6.29 Å². The Labute approximate surface area is 122 Å². The molecule has 20 heavy (non-hydrogen) atoms. The minimum atomic E-state index is -3.64. The van der Waals surface area contributed by atoms with Crippen molar-refractivity contribution in [1.82, 2.24) is 0 Å². The summed E-state index contributed by atoms with van der Waals surface area (Å²) in [5.74, 6) is -0.0739. The Hall–Kier alpha value is -1.11. The molecule has 1 aliphatic heterocycles. The molecule has 0 aliphatic carbocycles. The van der Waals surface area contributed by atoms with Crippen LogP contribution in [0.3, 0.4) is 0 Å². The zero-order valence-corrected chi connectivity index (χ0v) is 12.0. The lowest BCUT2D eigenvalue weighted by molar-refractivity contribution is -0.286. The van der Waals surface area contributed by atoms with E-state index in [0.29, 0.717) is 5.56 Å². The summed E-state index contributed by atoms with van der Waals surface area (Å²) in [5.41, 5.74) is 6.48. The first kappa shape index (κ1) is 16.9. The number of halogens is 3. The maximum atomic E-state index is 12.9. The summed E-state index contributed by atoms with van der Waals surface area (Å²) in [6.07, 6.45) is -3.61. The van der Waals surface area contributed by atoms with Gasteiger partial charge in [0.2, 0.25) is 0 Å². The molecular formula is C13H18ClF2NO3. The van der Waals surface area contributed by atoms with Gasteiger partial charge < -0.3 is 20.3 Å². The first-order valence-corrected chi connectivity index (χ1v) is 6.17. The highest BCUT2D eigenvalue weighted by atomic mass is 35.5. The van der Waals surface area contributed by atoms with Crippen molar-refractivity contribution < 1.29 is 23.4 Å². The molecule has 1 aromatic carbocycles. The predicted octanol–water partition coefficient (Wildman–Crippen LogP) is 2.84. The predicted molar refractivity (Wildman–Crippen MR) is 72.3 cm³/mol. The highest BCUT2D eigenvalue weighted by Crippen LogP contribution is 2.42. The number of hydrogen-bond acceptors (Lipinski definition) is 4. The summed E-state index contributed by atoms with van der Waals surface area (Å²) in [7, 11) is 0. The minimum Gasteiger partial charge on any atom is -0.395 e. The third-order valence-corrected chi connectivity index (χ3v) is 3.41. The second-order valence-electron chi connectivity index (χ2n) is 4.78. The van der Waals surface area contributed by atoms with Crippen LogP contribution in [0.2, 0.25) is 0 Å². The highest BCUT2D eigenvalue weighted by Gasteiger charge is 2.43. The fraction of sp³-hybridized carbons (Fsp3) is 0.538. The fourth-order valence-electron chi connectivity index (χ4n) is 1.97. The summed E-state index contributed by atoms with van der Waals surface area (Å²) in [6.45, 7) is 3.83. The highest BCUT2D eigenvalue weighted by molar-refractivity contribution is 5.85. The maximum absolute atomic E-state index is 12.9. The monoisotopic (exact) mass is 309 g/mol. The average Bonchev–Trinajstić information content (AvgIpc) is 2.68. The topological polar surface area (TPSA) is 64.7 Å². The van der Waals surface area contributed by atoms with Crippen molar-refractivity contribution in [3.05, 3.63) is 23.8 Å². The van der Waals surface area contributed by atoms with E-state index in [9.17, 15) is 13.9 Å². The molecule has 1 heterocycles. The molecular weight excluding hydrogens is 292 g/mol. The van der Waals surface area contributed by atoms with Gasteiger partial charge in [0.15, 0.2) is 11.5 Å². The summed E-state index contributed by atoms with van der Waals surface area (Å²) >= 11 is 0. The minimum absolute atomic E-state index is 0. The van der Waals surface area contributed by atoms with E-state index in [0.717, 1.165) is 6.42 Å². The van der Waals surface area contributed by atoms with Crippen molar-refractivity contribution in [2.45, 2.75) is 38.7 Å². The van der Waals surface area contributed by atoms with E-state index in [1.165, 1.54) is 12.1 Å². The molecule has 0 radical (unpaired) electrons. The largest absolute Gasteiger partial charge is 0.586 e. The van der Waals surface area contributed by atoms with Gasteiger partial charge in [-0.1, -0.05) is 26.3 Å². The first-order valence-electron chi connectivity index (χ1n) is 6.17. The van der Waals surface area contributed by atoms with E-state index in [2.05, 4.69) is 9.47 Å². The Morgan fingerprint density at radius 3 is 2.50 bits per heavy atom. The molecule has 3 N–H and O–H groups in total. The van der Waals surface area contributed by atoms with Gasteiger partial charge in [0, 0.05) is 0 Å². The van der Waals surface area contributed by atoms with Gasteiger partial charge in [-0.05, 0) is 23.6 Å². The van der Waals surface area contributed by atoms with Gasteiger partial charge in [0.1, 0.15) is 0 Å². The van der Waals surface area contributed by atoms with Crippen LogP contribution in [0.5, 0.6) is 11.5 Å². The molecule has 0 amide bonds. The lowest BCUT2D eigenvalue weighted by Crippen LogP contribution is -2.31. The lowest BCUT2D eigenvalue weighted by Gasteiger charge is -2.24. The molecule has 1 aliphatic rings. The number of ether oxygens (including phenoxy) is 2. The smallest absolute Gasteiger partial charge is 0.395 e. The molecule has 114 valence electrons. The van der Waals surface area contributed by atoms with Crippen LogP contribution in [0.15, 0.2) is 18.2 Å². The van der Waals surface area contributed by atoms with E-state index in [1.807, 2.05) is 13.8 Å². The Morgan fingerprint density at radius 2 is 1.90 bits per heavy atom.